The van der Waals surface area contributed by atoms with Gasteiger partial charge in [0, 0.05) is 12.5 Å². The molecule has 3 aromatic rings. The van der Waals surface area contributed by atoms with Gasteiger partial charge in [-0.05, 0) is 24.6 Å². The van der Waals surface area contributed by atoms with Gasteiger partial charge in [0.15, 0.2) is 9.84 Å². The molecule has 0 aliphatic rings. The molecule has 0 aliphatic heterocycles. The van der Waals surface area contributed by atoms with Crippen LogP contribution in [0.2, 0.25) is 0 Å². The molecule has 0 saturated heterocycles. The molecule has 27 heavy (non-hydrogen) atoms. The number of hydrogen-bond donors (Lipinski definition) is 0. The van der Waals surface area contributed by atoms with Gasteiger partial charge in [0.05, 0.1) is 10.6 Å². The van der Waals surface area contributed by atoms with Crippen LogP contribution in [0.1, 0.15) is 16.9 Å². The Morgan fingerprint density at radius 1 is 1.00 bits per heavy atom. The molecule has 0 saturated carbocycles. The third-order valence-electron chi connectivity index (χ3n) is 4.09. The lowest BCUT2D eigenvalue weighted by molar-refractivity contribution is 0.290. The molecule has 0 radical (unpaired) electrons. The van der Waals surface area contributed by atoms with Gasteiger partial charge < -0.3 is 9.15 Å². The number of benzene rings is 2. The fourth-order valence-electron chi connectivity index (χ4n) is 2.51. The highest BCUT2D eigenvalue weighted by molar-refractivity contribution is 7.91. The molecule has 0 aliphatic carbocycles. The molecule has 0 spiro atoms. The summed E-state index contributed by atoms with van der Waals surface area (Å²) in [6, 6.07) is 17.4. The molecule has 0 atom stereocenters. The average molecular weight is 384 g/mol. The summed E-state index contributed by atoms with van der Waals surface area (Å²) in [5, 5.41) is 0. The van der Waals surface area contributed by atoms with Crippen molar-refractivity contribution in [3.8, 4) is 5.75 Å². The summed E-state index contributed by atoms with van der Waals surface area (Å²) in [6.45, 7) is 2.15. The smallest absolute Gasteiger partial charge is 0.226 e. The summed E-state index contributed by atoms with van der Waals surface area (Å²) < 4.78 is 35.6. The molecule has 0 fully saturated rings. The van der Waals surface area contributed by atoms with Crippen molar-refractivity contribution in [3.05, 3.63) is 94.0 Å². The molecule has 0 unspecified atom stereocenters. The van der Waals surface area contributed by atoms with E-state index >= 15 is 0 Å². The zero-order chi connectivity index (χ0) is 19.3. The van der Waals surface area contributed by atoms with Gasteiger partial charge in [0.25, 0.3) is 0 Å². The van der Waals surface area contributed by atoms with Crippen LogP contribution in [0, 0.1) is 6.92 Å². The van der Waals surface area contributed by atoms with E-state index in [4.69, 9.17) is 9.15 Å². The maximum absolute atomic E-state index is 12.4. The number of ether oxygens (including phenoxy) is 1. The lowest BCUT2D eigenvalue weighted by atomic mass is 10.2. The molecule has 140 valence electrons. The molecule has 3 rings (SSSR count). The maximum atomic E-state index is 12.4. The first-order valence-corrected chi connectivity index (χ1v) is 10.2. The molecule has 5 nitrogen and oxygen atoms in total. The van der Waals surface area contributed by atoms with Crippen LogP contribution in [0.25, 0.3) is 0 Å². The van der Waals surface area contributed by atoms with Gasteiger partial charge in [-0.3, -0.25) is 4.79 Å². The van der Waals surface area contributed by atoms with Crippen LogP contribution in [-0.2, 0) is 22.9 Å². The van der Waals surface area contributed by atoms with Crippen LogP contribution >= 0.6 is 0 Å². The minimum Gasteiger partial charge on any atom is -0.482 e. The largest absolute Gasteiger partial charge is 0.482 e. The topological polar surface area (TPSA) is 73.6 Å². The number of rotatable bonds is 7. The van der Waals surface area contributed by atoms with Crippen LogP contribution in [0.4, 0.5) is 0 Å². The van der Waals surface area contributed by atoms with Gasteiger partial charge in [0.1, 0.15) is 18.6 Å². The summed E-state index contributed by atoms with van der Waals surface area (Å²) in [5.74, 6) is 0.273. The van der Waals surface area contributed by atoms with E-state index in [1.807, 2.05) is 37.3 Å². The van der Waals surface area contributed by atoms with Crippen LogP contribution in [0.3, 0.4) is 0 Å². The van der Waals surface area contributed by atoms with Crippen molar-refractivity contribution in [1.82, 2.24) is 0 Å². The fourth-order valence-corrected chi connectivity index (χ4v) is 3.76. The molecule has 2 aromatic carbocycles. The predicted octanol–water partition coefficient (Wildman–Crippen LogP) is 3.54. The van der Waals surface area contributed by atoms with E-state index in [2.05, 4.69) is 0 Å². The molecular formula is C21H20O5S. The second-order valence-corrected chi connectivity index (χ2v) is 8.34. The molecule has 6 heteroatoms. The molecule has 0 N–H and O–H groups in total. The second-order valence-electron chi connectivity index (χ2n) is 6.23. The Bertz CT molecular complexity index is 1050. The summed E-state index contributed by atoms with van der Waals surface area (Å²) >= 11 is 0. The standard InChI is InChI=1S/C21H20O5S/c1-16-7-9-19(10-8-16)27(23,24)12-11-18-13-20(22)21(15-25-18)26-14-17-5-3-2-4-6-17/h2-10,13,15H,11-12,14H2,1H3. The highest BCUT2D eigenvalue weighted by Crippen LogP contribution is 2.15. The summed E-state index contributed by atoms with van der Waals surface area (Å²) in [4.78, 5) is 12.4. The fraction of sp³-hybridized carbons (Fsp3) is 0.190. The third-order valence-corrected chi connectivity index (χ3v) is 5.82. The van der Waals surface area contributed by atoms with Crippen LogP contribution in [0.15, 0.2) is 81.0 Å². The van der Waals surface area contributed by atoms with Crippen molar-refractivity contribution >= 4 is 9.84 Å². The molecule has 1 aromatic heterocycles. The number of aryl methyl sites for hydroxylation is 2. The highest BCUT2D eigenvalue weighted by Gasteiger charge is 2.15. The van der Waals surface area contributed by atoms with E-state index in [0.717, 1.165) is 11.1 Å². The highest BCUT2D eigenvalue weighted by atomic mass is 32.2. The van der Waals surface area contributed by atoms with Crippen LogP contribution in [-0.4, -0.2) is 14.2 Å². The SMILES string of the molecule is Cc1ccc(S(=O)(=O)CCc2cc(=O)c(OCc3ccccc3)co2)cc1. The lowest BCUT2D eigenvalue weighted by Gasteiger charge is -2.07. The molecule has 0 bridgehead atoms. The van der Waals surface area contributed by atoms with E-state index < -0.39 is 9.84 Å². The van der Waals surface area contributed by atoms with E-state index in [0.29, 0.717) is 5.76 Å². The third kappa shape index (κ3) is 5.08. The Hall–Kier alpha value is -2.86. The zero-order valence-corrected chi connectivity index (χ0v) is 15.7. The summed E-state index contributed by atoms with van der Waals surface area (Å²) in [6.07, 6.45) is 1.35. The van der Waals surface area contributed by atoms with Gasteiger partial charge in [-0.25, -0.2) is 8.42 Å². The Balaban J connectivity index is 1.63. The van der Waals surface area contributed by atoms with Gasteiger partial charge in [-0.1, -0.05) is 48.0 Å². The van der Waals surface area contributed by atoms with Crippen molar-refractivity contribution in [2.75, 3.05) is 5.75 Å². The van der Waals surface area contributed by atoms with Crippen molar-refractivity contribution in [2.24, 2.45) is 0 Å². The van der Waals surface area contributed by atoms with Crippen molar-refractivity contribution in [3.63, 3.8) is 0 Å². The second kappa shape index (κ2) is 8.22. The van der Waals surface area contributed by atoms with Gasteiger partial charge in [-0.15, -0.1) is 0 Å². The Kier molecular flexibility index (Phi) is 5.76. The molecule has 1 heterocycles. The minimum absolute atomic E-state index is 0.101. The summed E-state index contributed by atoms with van der Waals surface area (Å²) in [7, 11) is -3.44. The van der Waals surface area contributed by atoms with Gasteiger partial charge >= 0.3 is 0 Å². The van der Waals surface area contributed by atoms with Crippen molar-refractivity contribution in [1.29, 1.82) is 0 Å². The average Bonchev–Trinajstić information content (AvgIpc) is 2.67. The number of sulfone groups is 1. The van der Waals surface area contributed by atoms with Crippen molar-refractivity contribution < 1.29 is 17.6 Å². The van der Waals surface area contributed by atoms with E-state index in [1.165, 1.54) is 12.3 Å². The first kappa shape index (κ1) is 18.9. The quantitative estimate of drug-likeness (QED) is 0.623. The van der Waals surface area contributed by atoms with E-state index in [9.17, 15) is 13.2 Å². The van der Waals surface area contributed by atoms with Gasteiger partial charge in [-0.2, -0.15) is 0 Å². The maximum Gasteiger partial charge on any atom is 0.226 e. The normalized spacial score (nSPS) is 11.3. The lowest BCUT2D eigenvalue weighted by Crippen LogP contribution is -2.12. The molecule has 0 amide bonds. The number of hydrogen-bond acceptors (Lipinski definition) is 5. The predicted molar refractivity (Wildman–Crippen MR) is 103 cm³/mol. The molecular weight excluding hydrogens is 364 g/mol. The van der Waals surface area contributed by atoms with Crippen LogP contribution < -0.4 is 10.2 Å². The minimum atomic E-state index is -3.44. The van der Waals surface area contributed by atoms with E-state index in [-0.39, 0.29) is 34.9 Å². The zero-order valence-electron chi connectivity index (χ0n) is 14.9. The van der Waals surface area contributed by atoms with Gasteiger partial charge in [0.2, 0.25) is 11.2 Å². The Morgan fingerprint density at radius 3 is 2.37 bits per heavy atom. The Labute approximate surface area is 158 Å². The van der Waals surface area contributed by atoms with E-state index in [1.54, 1.807) is 24.3 Å². The van der Waals surface area contributed by atoms with Crippen LogP contribution in [0.5, 0.6) is 5.75 Å². The first-order chi connectivity index (χ1) is 12.9. The monoisotopic (exact) mass is 384 g/mol. The summed E-state index contributed by atoms with van der Waals surface area (Å²) in [5.41, 5.74) is 1.59. The Morgan fingerprint density at radius 2 is 1.70 bits per heavy atom. The van der Waals surface area contributed by atoms with Crippen molar-refractivity contribution in [2.45, 2.75) is 24.8 Å². The first-order valence-electron chi connectivity index (χ1n) is 8.52.